The molecule has 0 aliphatic heterocycles. The normalized spacial score (nSPS) is 11.9. The minimum Gasteiger partial charge on any atom is -0.353 e. The molecule has 3 nitrogen and oxygen atoms in total. The van der Waals surface area contributed by atoms with Crippen LogP contribution in [0.4, 0.5) is 13.2 Å². The van der Waals surface area contributed by atoms with E-state index < -0.39 is 12.6 Å². The van der Waals surface area contributed by atoms with Crippen LogP contribution in [-0.2, 0) is 4.79 Å². The third kappa shape index (κ3) is 11.3. The molecule has 0 atom stereocenters. The van der Waals surface area contributed by atoms with E-state index in [-0.39, 0.29) is 24.9 Å². The predicted octanol–water partition coefficient (Wildman–Crippen LogP) is 1.83. The molecule has 16 heavy (non-hydrogen) atoms. The molecule has 1 amide bonds. The van der Waals surface area contributed by atoms with Gasteiger partial charge in [0.05, 0.1) is 6.54 Å². The molecule has 0 spiro atoms. The zero-order valence-corrected chi connectivity index (χ0v) is 9.66. The molecule has 2 N–H and O–H groups in total. The molecular weight excluding hydrogens is 221 g/mol. The molecule has 0 rings (SSSR count). The molecule has 0 heterocycles. The van der Waals surface area contributed by atoms with Crippen molar-refractivity contribution in [3.63, 3.8) is 0 Å². The Morgan fingerprint density at radius 2 is 1.88 bits per heavy atom. The Kier molecular flexibility index (Phi) is 7.12. The molecule has 0 aromatic heterocycles. The van der Waals surface area contributed by atoms with Gasteiger partial charge in [-0.15, -0.1) is 0 Å². The standard InChI is InChI=1S/C10H19F3N2O/c1-8(2)15-9(16)7-14-6-4-3-5-10(11,12)13/h8,14H,3-7H2,1-2H3,(H,15,16). The van der Waals surface area contributed by atoms with Crippen LogP contribution in [0.25, 0.3) is 0 Å². The highest BCUT2D eigenvalue weighted by atomic mass is 19.4. The van der Waals surface area contributed by atoms with Crippen molar-refractivity contribution in [2.24, 2.45) is 0 Å². The van der Waals surface area contributed by atoms with Crippen molar-refractivity contribution in [1.82, 2.24) is 10.6 Å². The first-order chi connectivity index (χ1) is 7.31. The Hall–Kier alpha value is -0.780. The summed E-state index contributed by atoms with van der Waals surface area (Å²) in [5.41, 5.74) is 0. The van der Waals surface area contributed by atoms with Crippen LogP contribution >= 0.6 is 0 Å². The predicted molar refractivity (Wildman–Crippen MR) is 56.1 cm³/mol. The number of nitrogens with one attached hydrogen (secondary N) is 2. The highest BCUT2D eigenvalue weighted by molar-refractivity contribution is 5.78. The van der Waals surface area contributed by atoms with E-state index in [0.29, 0.717) is 13.0 Å². The van der Waals surface area contributed by atoms with Crippen molar-refractivity contribution in [1.29, 1.82) is 0 Å². The first kappa shape index (κ1) is 15.2. The fraction of sp³-hybridized carbons (Fsp3) is 0.900. The highest BCUT2D eigenvalue weighted by Crippen LogP contribution is 2.21. The minimum absolute atomic E-state index is 0.0829. The van der Waals surface area contributed by atoms with Crippen LogP contribution in [0.15, 0.2) is 0 Å². The van der Waals surface area contributed by atoms with Gasteiger partial charge in [-0.25, -0.2) is 0 Å². The summed E-state index contributed by atoms with van der Waals surface area (Å²) in [6.07, 6.45) is -4.31. The van der Waals surface area contributed by atoms with Crippen LogP contribution in [0.1, 0.15) is 33.1 Å². The second kappa shape index (κ2) is 7.49. The number of alkyl halides is 3. The lowest BCUT2D eigenvalue weighted by atomic mass is 10.2. The second-order valence-electron chi connectivity index (χ2n) is 3.97. The second-order valence-corrected chi connectivity index (χ2v) is 3.97. The molecule has 0 radical (unpaired) electrons. The number of unbranched alkanes of at least 4 members (excludes halogenated alkanes) is 1. The van der Waals surface area contributed by atoms with E-state index in [1.807, 2.05) is 13.8 Å². The number of rotatable bonds is 7. The fourth-order valence-corrected chi connectivity index (χ4v) is 1.15. The molecule has 0 aromatic rings. The van der Waals surface area contributed by atoms with Crippen molar-refractivity contribution in [2.45, 2.75) is 45.3 Å². The number of halogens is 3. The molecule has 0 fully saturated rings. The summed E-state index contributed by atoms with van der Waals surface area (Å²) in [5, 5.41) is 5.47. The number of hydrogen-bond acceptors (Lipinski definition) is 2. The number of hydrogen-bond donors (Lipinski definition) is 2. The van der Waals surface area contributed by atoms with E-state index in [2.05, 4.69) is 10.6 Å². The van der Waals surface area contributed by atoms with Gasteiger partial charge < -0.3 is 10.6 Å². The van der Waals surface area contributed by atoms with Gasteiger partial charge in [0.1, 0.15) is 0 Å². The Bertz CT molecular complexity index is 205. The third-order valence-electron chi connectivity index (χ3n) is 1.80. The third-order valence-corrected chi connectivity index (χ3v) is 1.80. The Balaban J connectivity index is 3.31. The molecular formula is C10H19F3N2O. The van der Waals surface area contributed by atoms with Crippen LogP contribution in [0.3, 0.4) is 0 Å². The maximum atomic E-state index is 11.8. The topological polar surface area (TPSA) is 41.1 Å². The van der Waals surface area contributed by atoms with Gasteiger partial charge in [-0.3, -0.25) is 4.79 Å². The largest absolute Gasteiger partial charge is 0.389 e. The number of carbonyl (C=O) groups is 1. The van der Waals surface area contributed by atoms with Gasteiger partial charge in [-0.2, -0.15) is 13.2 Å². The van der Waals surface area contributed by atoms with E-state index in [9.17, 15) is 18.0 Å². The van der Waals surface area contributed by atoms with E-state index in [1.54, 1.807) is 0 Å². The summed E-state index contributed by atoms with van der Waals surface area (Å²) >= 11 is 0. The van der Waals surface area contributed by atoms with Gasteiger partial charge in [-0.1, -0.05) is 0 Å². The average molecular weight is 240 g/mol. The van der Waals surface area contributed by atoms with Crippen molar-refractivity contribution < 1.29 is 18.0 Å². The fourth-order valence-electron chi connectivity index (χ4n) is 1.15. The van der Waals surface area contributed by atoms with E-state index in [0.717, 1.165) is 0 Å². The number of carbonyl (C=O) groups excluding carboxylic acids is 1. The molecule has 0 unspecified atom stereocenters. The van der Waals surface area contributed by atoms with Crippen molar-refractivity contribution in [3.05, 3.63) is 0 Å². The van der Waals surface area contributed by atoms with Crippen molar-refractivity contribution in [2.75, 3.05) is 13.1 Å². The van der Waals surface area contributed by atoms with Gasteiger partial charge in [0.25, 0.3) is 0 Å². The van der Waals surface area contributed by atoms with Gasteiger partial charge >= 0.3 is 6.18 Å². The Labute approximate surface area is 93.8 Å². The zero-order valence-electron chi connectivity index (χ0n) is 9.66. The van der Waals surface area contributed by atoms with Crippen LogP contribution in [0.2, 0.25) is 0 Å². The highest BCUT2D eigenvalue weighted by Gasteiger charge is 2.25. The van der Waals surface area contributed by atoms with Gasteiger partial charge in [0.15, 0.2) is 0 Å². The summed E-state index contributed by atoms with van der Waals surface area (Å²) in [7, 11) is 0. The molecule has 0 saturated heterocycles. The van der Waals surface area contributed by atoms with Gasteiger partial charge in [0, 0.05) is 12.5 Å². The van der Waals surface area contributed by atoms with Gasteiger partial charge in [0.2, 0.25) is 5.91 Å². The molecule has 0 aromatic carbocycles. The first-order valence-electron chi connectivity index (χ1n) is 5.38. The first-order valence-corrected chi connectivity index (χ1v) is 5.38. The monoisotopic (exact) mass is 240 g/mol. The van der Waals surface area contributed by atoms with E-state index in [1.165, 1.54) is 0 Å². The summed E-state index contributed by atoms with van der Waals surface area (Å²) in [4.78, 5) is 11.1. The minimum atomic E-state index is -4.07. The Morgan fingerprint density at radius 1 is 1.25 bits per heavy atom. The summed E-state index contributed by atoms with van der Waals surface area (Å²) in [6, 6.07) is 0.0829. The summed E-state index contributed by atoms with van der Waals surface area (Å²) in [6.45, 7) is 4.29. The zero-order chi connectivity index (χ0) is 12.6. The van der Waals surface area contributed by atoms with Crippen LogP contribution < -0.4 is 10.6 Å². The Morgan fingerprint density at radius 3 is 2.38 bits per heavy atom. The molecule has 0 bridgehead atoms. The average Bonchev–Trinajstić information content (AvgIpc) is 2.07. The summed E-state index contributed by atoms with van der Waals surface area (Å²) in [5.74, 6) is -0.133. The lowest BCUT2D eigenvalue weighted by Gasteiger charge is -2.09. The summed E-state index contributed by atoms with van der Waals surface area (Å²) < 4.78 is 35.3. The molecule has 96 valence electrons. The van der Waals surface area contributed by atoms with Crippen LogP contribution in [-0.4, -0.2) is 31.2 Å². The van der Waals surface area contributed by atoms with Crippen LogP contribution in [0, 0.1) is 0 Å². The molecule has 6 heteroatoms. The van der Waals surface area contributed by atoms with E-state index in [4.69, 9.17) is 0 Å². The molecule has 0 saturated carbocycles. The molecule has 0 aliphatic rings. The smallest absolute Gasteiger partial charge is 0.353 e. The number of amides is 1. The maximum absolute atomic E-state index is 11.8. The quantitative estimate of drug-likeness (QED) is 0.667. The van der Waals surface area contributed by atoms with Crippen molar-refractivity contribution >= 4 is 5.91 Å². The lowest BCUT2D eigenvalue weighted by Crippen LogP contribution is -2.37. The van der Waals surface area contributed by atoms with E-state index >= 15 is 0 Å². The maximum Gasteiger partial charge on any atom is 0.389 e. The van der Waals surface area contributed by atoms with Crippen LogP contribution in [0.5, 0.6) is 0 Å². The van der Waals surface area contributed by atoms with Gasteiger partial charge in [-0.05, 0) is 33.2 Å². The van der Waals surface area contributed by atoms with Crippen molar-refractivity contribution in [3.8, 4) is 0 Å². The molecule has 0 aliphatic carbocycles. The lowest BCUT2D eigenvalue weighted by molar-refractivity contribution is -0.135. The SMILES string of the molecule is CC(C)NC(=O)CNCCCCC(F)(F)F.